The van der Waals surface area contributed by atoms with Crippen LogP contribution in [0.15, 0.2) is 24.3 Å². The van der Waals surface area contributed by atoms with E-state index >= 15 is 0 Å². The normalized spacial score (nSPS) is 20.4. The Balaban J connectivity index is 1.55. The quantitative estimate of drug-likeness (QED) is 0.753. The molecule has 1 aromatic carbocycles. The van der Waals surface area contributed by atoms with Gasteiger partial charge in [0.2, 0.25) is 17.7 Å². The molecule has 0 aromatic heterocycles. The largest absolute Gasteiger partial charge is 0.343 e. The van der Waals surface area contributed by atoms with E-state index in [4.69, 9.17) is 5.26 Å². The molecular weight excluding hydrogens is 344 g/mol. The first-order valence-corrected chi connectivity index (χ1v) is 9.34. The van der Waals surface area contributed by atoms with E-state index in [-0.39, 0.29) is 24.3 Å². The number of hydrogen-bond acceptors (Lipinski definition) is 4. The molecule has 2 heterocycles. The predicted octanol–water partition coefficient (Wildman–Crippen LogP) is 1.13. The summed E-state index contributed by atoms with van der Waals surface area (Å²) in [4.78, 5) is 41.9. The first-order valence-electron chi connectivity index (χ1n) is 9.34. The highest BCUT2D eigenvalue weighted by molar-refractivity contribution is 5.94. The van der Waals surface area contributed by atoms with Gasteiger partial charge in [-0.05, 0) is 37.5 Å². The van der Waals surface area contributed by atoms with Crippen LogP contribution in [0.4, 0.5) is 0 Å². The Labute approximate surface area is 159 Å². The Morgan fingerprint density at radius 1 is 1.07 bits per heavy atom. The molecule has 0 radical (unpaired) electrons. The lowest BCUT2D eigenvalue weighted by Crippen LogP contribution is -2.58. The van der Waals surface area contributed by atoms with Crippen LogP contribution in [0.25, 0.3) is 0 Å². The first kappa shape index (κ1) is 18.9. The third-order valence-corrected chi connectivity index (χ3v) is 5.25. The Kier molecular flexibility index (Phi) is 5.75. The van der Waals surface area contributed by atoms with Crippen LogP contribution < -0.4 is 0 Å². The molecule has 0 N–H and O–H groups in total. The lowest BCUT2D eigenvalue weighted by molar-refractivity contribution is -0.155. The second-order valence-corrected chi connectivity index (χ2v) is 7.10. The van der Waals surface area contributed by atoms with Crippen molar-refractivity contribution in [2.75, 3.05) is 26.2 Å². The lowest BCUT2D eigenvalue weighted by Gasteiger charge is -2.39. The van der Waals surface area contributed by atoms with Crippen LogP contribution in [0.5, 0.6) is 0 Å². The van der Waals surface area contributed by atoms with Crippen molar-refractivity contribution >= 4 is 17.7 Å². The van der Waals surface area contributed by atoms with Gasteiger partial charge in [0.1, 0.15) is 6.04 Å². The number of benzene rings is 1. The van der Waals surface area contributed by atoms with Gasteiger partial charge in [0.15, 0.2) is 0 Å². The number of amides is 3. The van der Waals surface area contributed by atoms with E-state index in [9.17, 15) is 14.4 Å². The highest BCUT2D eigenvalue weighted by Gasteiger charge is 2.36. The van der Waals surface area contributed by atoms with Gasteiger partial charge < -0.3 is 14.7 Å². The summed E-state index contributed by atoms with van der Waals surface area (Å²) in [6.45, 7) is 4.10. The molecular formula is C20H24N4O3. The average Bonchev–Trinajstić information content (AvgIpc) is 3.08. The molecule has 2 aliphatic heterocycles. The highest BCUT2D eigenvalue weighted by Crippen LogP contribution is 2.17. The molecule has 2 fully saturated rings. The third-order valence-electron chi connectivity index (χ3n) is 5.25. The molecule has 0 aliphatic carbocycles. The second-order valence-electron chi connectivity index (χ2n) is 7.10. The fraction of sp³-hybridized carbons (Fsp3) is 0.500. The van der Waals surface area contributed by atoms with Crippen molar-refractivity contribution in [2.45, 2.75) is 38.8 Å². The minimum absolute atomic E-state index is 0.0593. The highest BCUT2D eigenvalue weighted by atomic mass is 16.2. The van der Waals surface area contributed by atoms with E-state index in [0.29, 0.717) is 38.0 Å². The Morgan fingerprint density at radius 3 is 2.41 bits per heavy atom. The Morgan fingerprint density at radius 2 is 1.78 bits per heavy atom. The van der Waals surface area contributed by atoms with Crippen LogP contribution >= 0.6 is 0 Å². The van der Waals surface area contributed by atoms with Crippen LogP contribution in [-0.2, 0) is 20.9 Å². The van der Waals surface area contributed by atoms with E-state index < -0.39 is 6.04 Å². The van der Waals surface area contributed by atoms with E-state index in [2.05, 4.69) is 6.07 Å². The molecule has 1 atom stereocenters. The summed E-state index contributed by atoms with van der Waals surface area (Å²) < 4.78 is 0. The summed E-state index contributed by atoms with van der Waals surface area (Å²) in [7, 11) is 0. The van der Waals surface area contributed by atoms with Gasteiger partial charge in [-0.15, -0.1) is 0 Å². The molecule has 3 amide bonds. The molecule has 7 heteroatoms. The Bertz CT molecular complexity index is 768. The van der Waals surface area contributed by atoms with Gasteiger partial charge in [-0.3, -0.25) is 14.4 Å². The van der Waals surface area contributed by atoms with Crippen molar-refractivity contribution in [3.05, 3.63) is 35.4 Å². The van der Waals surface area contributed by atoms with Crippen molar-refractivity contribution < 1.29 is 14.4 Å². The van der Waals surface area contributed by atoms with Crippen LogP contribution in [0.1, 0.15) is 37.3 Å². The molecule has 2 saturated heterocycles. The number of likely N-dealkylation sites (tertiary alicyclic amines) is 1. The third kappa shape index (κ3) is 4.27. The van der Waals surface area contributed by atoms with Gasteiger partial charge in [0, 0.05) is 32.6 Å². The summed E-state index contributed by atoms with van der Waals surface area (Å²) in [5.41, 5.74) is 1.46. The van der Waals surface area contributed by atoms with Gasteiger partial charge in [-0.1, -0.05) is 12.1 Å². The lowest BCUT2D eigenvalue weighted by atomic mass is 10.1. The van der Waals surface area contributed by atoms with Crippen molar-refractivity contribution in [2.24, 2.45) is 0 Å². The molecule has 0 bridgehead atoms. The minimum Gasteiger partial charge on any atom is -0.343 e. The van der Waals surface area contributed by atoms with Crippen LogP contribution in [-0.4, -0.2) is 64.6 Å². The summed E-state index contributed by atoms with van der Waals surface area (Å²) in [6, 6.07) is 8.58. The maximum absolute atomic E-state index is 12.7. The zero-order valence-electron chi connectivity index (χ0n) is 15.6. The number of rotatable bonds is 6. The molecule has 3 rings (SSSR count). The van der Waals surface area contributed by atoms with E-state index in [0.717, 1.165) is 18.5 Å². The second kappa shape index (κ2) is 8.21. The molecule has 142 valence electrons. The summed E-state index contributed by atoms with van der Waals surface area (Å²) in [6.07, 6.45) is 2.21. The minimum atomic E-state index is -0.518. The van der Waals surface area contributed by atoms with Crippen molar-refractivity contribution in [3.8, 4) is 6.07 Å². The number of carbonyl (C=O) groups is 3. The van der Waals surface area contributed by atoms with Crippen molar-refractivity contribution in [3.63, 3.8) is 0 Å². The Hall–Kier alpha value is -2.88. The number of nitrogens with zero attached hydrogens (tertiary/aromatic N) is 4. The summed E-state index contributed by atoms with van der Waals surface area (Å²) in [5, 5.41) is 8.87. The van der Waals surface area contributed by atoms with Crippen molar-refractivity contribution in [1.82, 2.24) is 14.7 Å². The smallest absolute Gasteiger partial charge is 0.245 e. The molecule has 0 unspecified atom stereocenters. The maximum Gasteiger partial charge on any atom is 0.245 e. The SMILES string of the molecule is C[C@H]1C(=O)N(CCCN2CCCC2=O)CC(=O)N1Cc1ccc(C#N)cc1. The number of nitriles is 1. The van der Waals surface area contributed by atoms with Crippen molar-refractivity contribution in [1.29, 1.82) is 5.26 Å². The van der Waals surface area contributed by atoms with Gasteiger partial charge in [-0.25, -0.2) is 0 Å². The zero-order valence-corrected chi connectivity index (χ0v) is 15.6. The topological polar surface area (TPSA) is 84.7 Å². The zero-order chi connectivity index (χ0) is 19.4. The predicted molar refractivity (Wildman–Crippen MR) is 98.2 cm³/mol. The molecule has 0 spiro atoms. The summed E-state index contributed by atoms with van der Waals surface area (Å²) >= 11 is 0. The van der Waals surface area contributed by atoms with Crippen LogP contribution in [0, 0.1) is 11.3 Å². The monoisotopic (exact) mass is 368 g/mol. The molecule has 7 nitrogen and oxygen atoms in total. The van der Waals surface area contributed by atoms with Gasteiger partial charge in [0.05, 0.1) is 18.2 Å². The molecule has 0 saturated carbocycles. The van der Waals surface area contributed by atoms with E-state index in [1.54, 1.807) is 28.9 Å². The number of hydrogen-bond donors (Lipinski definition) is 0. The maximum atomic E-state index is 12.7. The number of piperazine rings is 1. The molecule has 1 aromatic rings. The summed E-state index contributed by atoms with van der Waals surface area (Å²) in [5.74, 6) is 0.0395. The van der Waals surface area contributed by atoms with E-state index in [1.165, 1.54) is 0 Å². The van der Waals surface area contributed by atoms with Gasteiger partial charge in [0.25, 0.3) is 0 Å². The molecule has 2 aliphatic rings. The van der Waals surface area contributed by atoms with Gasteiger partial charge >= 0.3 is 0 Å². The molecule has 27 heavy (non-hydrogen) atoms. The van der Waals surface area contributed by atoms with E-state index in [1.807, 2.05) is 17.0 Å². The fourth-order valence-electron chi connectivity index (χ4n) is 3.63. The number of carbonyl (C=O) groups excluding carboxylic acids is 3. The van der Waals surface area contributed by atoms with Gasteiger partial charge in [-0.2, -0.15) is 5.26 Å². The fourth-order valence-corrected chi connectivity index (χ4v) is 3.63. The first-order chi connectivity index (χ1) is 13.0. The average molecular weight is 368 g/mol. The van der Waals surface area contributed by atoms with Crippen LogP contribution in [0.3, 0.4) is 0 Å². The standard InChI is InChI=1S/C20H24N4O3/c1-15-20(27)23(11-3-10-22-9-2-4-18(22)25)14-19(26)24(15)13-17-7-5-16(12-21)6-8-17/h5-8,15H,2-4,9-11,13-14H2,1H3/t15-/m0/s1. The van der Waals surface area contributed by atoms with Crippen LogP contribution in [0.2, 0.25) is 0 Å².